The van der Waals surface area contributed by atoms with E-state index in [-0.39, 0.29) is 24.2 Å². The SMILES string of the molecule is NC(=O)CCCNC(=O)C1C2C=CC(C2)C1C(=O)O. The van der Waals surface area contributed by atoms with Crippen LogP contribution in [0.3, 0.4) is 0 Å². The van der Waals surface area contributed by atoms with E-state index in [1.807, 2.05) is 12.2 Å². The molecule has 0 radical (unpaired) electrons. The molecule has 2 aliphatic rings. The normalized spacial score (nSPS) is 31.4. The highest BCUT2D eigenvalue weighted by atomic mass is 16.4. The molecule has 1 fully saturated rings. The van der Waals surface area contributed by atoms with Crippen LogP contribution in [0, 0.1) is 23.7 Å². The Hall–Kier alpha value is -1.85. The van der Waals surface area contributed by atoms with Gasteiger partial charge in [-0.05, 0) is 24.7 Å². The number of aliphatic carboxylic acids is 1. The van der Waals surface area contributed by atoms with E-state index >= 15 is 0 Å². The van der Waals surface area contributed by atoms with E-state index < -0.39 is 23.7 Å². The first-order valence-corrected chi connectivity index (χ1v) is 6.48. The average molecular weight is 266 g/mol. The largest absolute Gasteiger partial charge is 0.481 e. The molecule has 0 aromatic rings. The third-order valence-corrected chi connectivity index (χ3v) is 3.95. The smallest absolute Gasteiger partial charge is 0.307 e. The summed E-state index contributed by atoms with van der Waals surface area (Å²) in [5.41, 5.74) is 5.00. The van der Waals surface area contributed by atoms with Gasteiger partial charge in [0.25, 0.3) is 0 Å². The van der Waals surface area contributed by atoms with Gasteiger partial charge in [-0.3, -0.25) is 14.4 Å². The van der Waals surface area contributed by atoms with E-state index in [0.717, 1.165) is 6.42 Å². The van der Waals surface area contributed by atoms with Gasteiger partial charge in [-0.1, -0.05) is 12.2 Å². The summed E-state index contributed by atoms with van der Waals surface area (Å²) in [6.45, 7) is 0.353. The van der Waals surface area contributed by atoms with Crippen molar-refractivity contribution in [2.45, 2.75) is 19.3 Å². The molecule has 6 heteroatoms. The second-order valence-corrected chi connectivity index (χ2v) is 5.20. The van der Waals surface area contributed by atoms with Crippen LogP contribution in [0.2, 0.25) is 0 Å². The molecule has 0 aromatic carbocycles. The van der Waals surface area contributed by atoms with Gasteiger partial charge < -0.3 is 16.2 Å². The van der Waals surface area contributed by atoms with Crippen LogP contribution in [0.4, 0.5) is 0 Å². The van der Waals surface area contributed by atoms with Crippen molar-refractivity contribution in [1.29, 1.82) is 0 Å². The lowest BCUT2D eigenvalue weighted by Gasteiger charge is -2.23. The van der Waals surface area contributed by atoms with Crippen molar-refractivity contribution in [2.75, 3.05) is 6.54 Å². The third kappa shape index (κ3) is 2.77. The number of carboxylic acids is 1. The Labute approximate surface area is 111 Å². The minimum absolute atomic E-state index is 0.0242. The van der Waals surface area contributed by atoms with Crippen molar-refractivity contribution in [2.24, 2.45) is 29.4 Å². The molecule has 2 aliphatic carbocycles. The Kier molecular flexibility index (Phi) is 3.87. The molecule has 0 heterocycles. The van der Waals surface area contributed by atoms with Crippen molar-refractivity contribution in [1.82, 2.24) is 5.32 Å². The first-order valence-electron chi connectivity index (χ1n) is 6.48. The summed E-state index contributed by atoms with van der Waals surface area (Å²) in [7, 11) is 0. The molecule has 1 saturated carbocycles. The van der Waals surface area contributed by atoms with Crippen LogP contribution in [-0.2, 0) is 14.4 Å². The molecule has 0 aliphatic heterocycles. The maximum Gasteiger partial charge on any atom is 0.307 e. The number of nitrogens with two attached hydrogens (primary N) is 1. The van der Waals surface area contributed by atoms with E-state index in [1.165, 1.54) is 0 Å². The predicted octanol–water partition coefficient (Wildman–Crippen LogP) is -0.109. The number of fused-ring (bicyclic) bond motifs is 2. The third-order valence-electron chi connectivity index (χ3n) is 3.95. The molecule has 0 aromatic heterocycles. The lowest BCUT2D eigenvalue weighted by atomic mass is 9.82. The second-order valence-electron chi connectivity index (χ2n) is 5.20. The van der Waals surface area contributed by atoms with E-state index in [4.69, 9.17) is 5.73 Å². The van der Waals surface area contributed by atoms with Crippen molar-refractivity contribution >= 4 is 17.8 Å². The molecular weight excluding hydrogens is 248 g/mol. The van der Waals surface area contributed by atoms with Crippen LogP contribution in [-0.4, -0.2) is 29.4 Å². The van der Waals surface area contributed by atoms with Crippen molar-refractivity contribution in [3.8, 4) is 0 Å². The number of carbonyl (C=O) groups excluding carboxylic acids is 2. The first-order chi connectivity index (χ1) is 9.00. The minimum atomic E-state index is -0.908. The second kappa shape index (κ2) is 5.42. The first kappa shape index (κ1) is 13.6. The number of carbonyl (C=O) groups is 3. The number of allylic oxidation sites excluding steroid dienone is 2. The van der Waals surface area contributed by atoms with Crippen LogP contribution in [0.25, 0.3) is 0 Å². The van der Waals surface area contributed by atoms with Gasteiger partial charge in [-0.15, -0.1) is 0 Å². The fourth-order valence-electron chi connectivity index (χ4n) is 3.11. The molecule has 2 amide bonds. The van der Waals surface area contributed by atoms with Crippen molar-refractivity contribution in [3.05, 3.63) is 12.2 Å². The molecule has 0 saturated heterocycles. The van der Waals surface area contributed by atoms with Gasteiger partial charge in [-0.2, -0.15) is 0 Å². The molecule has 6 nitrogen and oxygen atoms in total. The Bertz CT molecular complexity index is 432. The number of primary amides is 1. The summed E-state index contributed by atoms with van der Waals surface area (Å²) < 4.78 is 0. The van der Waals surface area contributed by atoms with Crippen LogP contribution in [0.5, 0.6) is 0 Å². The summed E-state index contributed by atoms with van der Waals surface area (Å²) >= 11 is 0. The quantitative estimate of drug-likeness (QED) is 0.460. The number of amides is 2. The highest BCUT2D eigenvalue weighted by molar-refractivity contribution is 5.86. The van der Waals surface area contributed by atoms with Crippen LogP contribution >= 0.6 is 0 Å². The zero-order chi connectivity index (χ0) is 14.0. The van der Waals surface area contributed by atoms with Crippen molar-refractivity contribution < 1.29 is 19.5 Å². The molecule has 4 atom stereocenters. The number of rotatable bonds is 6. The molecule has 2 bridgehead atoms. The lowest BCUT2D eigenvalue weighted by Crippen LogP contribution is -2.40. The molecular formula is C13H18N2O4. The summed E-state index contributed by atoms with van der Waals surface area (Å²) in [5, 5.41) is 11.9. The van der Waals surface area contributed by atoms with E-state index in [1.54, 1.807) is 0 Å². The van der Waals surface area contributed by atoms with Gasteiger partial charge in [0.1, 0.15) is 0 Å². The van der Waals surface area contributed by atoms with Gasteiger partial charge in [-0.25, -0.2) is 0 Å². The predicted molar refractivity (Wildman–Crippen MR) is 66.8 cm³/mol. The molecule has 4 unspecified atom stereocenters. The summed E-state index contributed by atoms with van der Waals surface area (Å²) in [4.78, 5) is 33.9. The monoisotopic (exact) mass is 266 g/mol. The van der Waals surface area contributed by atoms with Gasteiger partial charge in [0.05, 0.1) is 11.8 Å². The number of nitrogens with one attached hydrogen (secondary N) is 1. The fraction of sp³-hybridized carbons (Fsp3) is 0.615. The van der Waals surface area contributed by atoms with E-state index in [2.05, 4.69) is 5.32 Å². The van der Waals surface area contributed by atoms with Crippen LogP contribution in [0.15, 0.2) is 12.2 Å². The Morgan fingerprint density at radius 2 is 1.84 bits per heavy atom. The Balaban J connectivity index is 1.89. The van der Waals surface area contributed by atoms with Gasteiger partial charge in [0.2, 0.25) is 11.8 Å². The maximum atomic E-state index is 12.1. The van der Waals surface area contributed by atoms with Crippen molar-refractivity contribution in [3.63, 3.8) is 0 Å². The zero-order valence-electron chi connectivity index (χ0n) is 10.5. The molecule has 0 spiro atoms. The Morgan fingerprint density at radius 3 is 2.42 bits per heavy atom. The van der Waals surface area contributed by atoms with E-state index in [9.17, 15) is 19.5 Å². The number of hydrogen-bond donors (Lipinski definition) is 3. The summed E-state index contributed by atoms with van der Waals surface area (Å²) in [5.74, 6) is -2.64. The Morgan fingerprint density at radius 1 is 1.21 bits per heavy atom. The number of carboxylic acid groups (broad SMARTS) is 1. The highest BCUT2D eigenvalue weighted by Crippen LogP contribution is 2.48. The topological polar surface area (TPSA) is 109 Å². The van der Waals surface area contributed by atoms with Gasteiger partial charge in [0.15, 0.2) is 0 Å². The highest BCUT2D eigenvalue weighted by Gasteiger charge is 2.51. The zero-order valence-corrected chi connectivity index (χ0v) is 10.5. The average Bonchev–Trinajstić information content (AvgIpc) is 2.93. The maximum absolute atomic E-state index is 12.1. The minimum Gasteiger partial charge on any atom is -0.481 e. The van der Waals surface area contributed by atoms with E-state index in [0.29, 0.717) is 13.0 Å². The van der Waals surface area contributed by atoms with Gasteiger partial charge in [0, 0.05) is 13.0 Å². The van der Waals surface area contributed by atoms with Crippen LogP contribution < -0.4 is 11.1 Å². The van der Waals surface area contributed by atoms with Crippen LogP contribution in [0.1, 0.15) is 19.3 Å². The number of hydrogen-bond acceptors (Lipinski definition) is 3. The lowest BCUT2D eigenvalue weighted by molar-refractivity contribution is -0.147. The standard InChI is InChI=1S/C13H18N2O4/c14-9(16)2-1-5-15-12(17)10-7-3-4-8(6-7)11(10)13(18)19/h3-4,7-8,10-11H,1-2,5-6H2,(H2,14,16)(H,15,17)(H,18,19). The summed E-state index contributed by atoms with van der Waals surface area (Å²) in [6, 6.07) is 0. The van der Waals surface area contributed by atoms with Gasteiger partial charge >= 0.3 is 5.97 Å². The molecule has 2 rings (SSSR count). The summed E-state index contributed by atoms with van der Waals surface area (Å²) in [6.07, 6.45) is 5.29. The molecule has 4 N–H and O–H groups in total. The molecule has 19 heavy (non-hydrogen) atoms. The molecule has 104 valence electrons. The fourth-order valence-corrected chi connectivity index (χ4v) is 3.11.